The lowest BCUT2D eigenvalue weighted by atomic mass is 9.89. The van der Waals surface area contributed by atoms with E-state index < -0.39 is 10.0 Å². The van der Waals surface area contributed by atoms with Gasteiger partial charge in [0, 0.05) is 24.4 Å². The summed E-state index contributed by atoms with van der Waals surface area (Å²) in [5.41, 5.74) is 0.523. The van der Waals surface area contributed by atoms with E-state index in [-0.39, 0.29) is 34.7 Å². The van der Waals surface area contributed by atoms with Gasteiger partial charge < -0.3 is 9.64 Å². The van der Waals surface area contributed by atoms with Gasteiger partial charge in [-0.2, -0.15) is 0 Å². The molecule has 2 N–H and O–H groups in total. The smallest absolute Gasteiger partial charge is 0.262 e. The summed E-state index contributed by atoms with van der Waals surface area (Å²) in [6.45, 7) is 1.91. The molecular formula is C22H26FN3O4S. The van der Waals surface area contributed by atoms with E-state index >= 15 is 0 Å². The Hall–Kier alpha value is -2.78. The van der Waals surface area contributed by atoms with Crippen molar-refractivity contribution in [2.45, 2.75) is 24.2 Å². The molecule has 0 aromatic heterocycles. The molecule has 166 valence electrons. The Kier molecular flexibility index (Phi) is 7.40. The van der Waals surface area contributed by atoms with Crippen molar-refractivity contribution in [2.75, 3.05) is 26.7 Å². The van der Waals surface area contributed by atoms with E-state index in [2.05, 4.69) is 9.62 Å². The van der Waals surface area contributed by atoms with Gasteiger partial charge in [-0.05, 0) is 74.5 Å². The SMILES string of the molecule is COc1ccc(S(=O)(=O)NC(=N)CCN2CCC(C(=O)c3ccc(F)cc3)CC2)cc1. The molecule has 0 unspecified atom stereocenters. The molecule has 31 heavy (non-hydrogen) atoms. The van der Waals surface area contributed by atoms with Crippen molar-refractivity contribution in [3.05, 3.63) is 59.9 Å². The number of Topliss-reactive ketones (excluding diaryl/α,β-unsaturated/α-hetero) is 1. The summed E-state index contributed by atoms with van der Waals surface area (Å²) >= 11 is 0. The average Bonchev–Trinajstić information content (AvgIpc) is 2.78. The van der Waals surface area contributed by atoms with Crippen molar-refractivity contribution in [1.82, 2.24) is 9.62 Å². The maximum atomic E-state index is 13.0. The number of sulfonamides is 1. The van der Waals surface area contributed by atoms with Crippen LogP contribution in [0.15, 0.2) is 53.4 Å². The van der Waals surface area contributed by atoms with Crippen molar-refractivity contribution in [3.63, 3.8) is 0 Å². The maximum absolute atomic E-state index is 13.0. The number of rotatable bonds is 8. The molecule has 2 aromatic carbocycles. The monoisotopic (exact) mass is 447 g/mol. The van der Waals surface area contributed by atoms with Crippen LogP contribution < -0.4 is 9.46 Å². The molecule has 0 atom stereocenters. The fraction of sp³-hybridized carbons (Fsp3) is 0.364. The zero-order valence-electron chi connectivity index (χ0n) is 17.3. The molecule has 3 rings (SSSR count). The molecule has 0 bridgehead atoms. The van der Waals surface area contributed by atoms with E-state index in [1.807, 2.05) is 0 Å². The predicted molar refractivity (Wildman–Crippen MR) is 116 cm³/mol. The number of nitrogens with zero attached hydrogens (tertiary/aromatic N) is 1. The second-order valence-corrected chi connectivity index (χ2v) is 9.18. The lowest BCUT2D eigenvalue weighted by Crippen LogP contribution is -2.39. The molecule has 1 aliphatic heterocycles. The van der Waals surface area contributed by atoms with Gasteiger partial charge in [0.1, 0.15) is 17.4 Å². The summed E-state index contributed by atoms with van der Waals surface area (Å²) in [6.07, 6.45) is 1.62. The van der Waals surface area contributed by atoms with E-state index in [4.69, 9.17) is 10.1 Å². The van der Waals surface area contributed by atoms with Crippen LogP contribution in [0, 0.1) is 17.1 Å². The fourth-order valence-corrected chi connectivity index (χ4v) is 4.60. The third kappa shape index (κ3) is 6.11. The number of ether oxygens (including phenoxy) is 1. The molecule has 0 spiro atoms. The first-order valence-electron chi connectivity index (χ1n) is 10.0. The molecule has 1 heterocycles. The third-order valence-electron chi connectivity index (χ3n) is 5.39. The topological polar surface area (TPSA) is 99.6 Å². The highest BCUT2D eigenvalue weighted by Crippen LogP contribution is 2.22. The maximum Gasteiger partial charge on any atom is 0.262 e. The van der Waals surface area contributed by atoms with Crippen LogP contribution >= 0.6 is 0 Å². The van der Waals surface area contributed by atoms with Gasteiger partial charge >= 0.3 is 0 Å². The van der Waals surface area contributed by atoms with Crippen LogP contribution in [0.1, 0.15) is 29.6 Å². The number of ketones is 1. The Morgan fingerprint density at radius 2 is 1.74 bits per heavy atom. The van der Waals surface area contributed by atoms with Crippen molar-refractivity contribution in [3.8, 4) is 5.75 Å². The Morgan fingerprint density at radius 1 is 1.13 bits per heavy atom. The molecule has 2 aromatic rings. The molecule has 0 amide bonds. The number of piperidine rings is 1. The summed E-state index contributed by atoms with van der Waals surface area (Å²) in [5, 5.41) is 8.00. The van der Waals surface area contributed by atoms with Crippen LogP contribution in [0.5, 0.6) is 5.75 Å². The quantitative estimate of drug-likeness (QED) is 0.368. The molecular weight excluding hydrogens is 421 g/mol. The number of benzene rings is 2. The van der Waals surface area contributed by atoms with Gasteiger partial charge in [0.2, 0.25) is 0 Å². The molecule has 1 fully saturated rings. The number of amidine groups is 1. The van der Waals surface area contributed by atoms with Gasteiger partial charge in [-0.15, -0.1) is 0 Å². The standard InChI is InChI=1S/C22H26FN3O4S/c1-30-19-6-8-20(9-7-19)31(28,29)25-21(24)12-15-26-13-10-17(11-14-26)22(27)16-2-4-18(23)5-3-16/h2-9,17H,10-15H2,1H3,(H2,24,25). The van der Waals surface area contributed by atoms with Crippen LogP contribution in [-0.2, 0) is 10.0 Å². The van der Waals surface area contributed by atoms with E-state index in [9.17, 15) is 17.6 Å². The number of carbonyl (C=O) groups excluding carboxylic acids is 1. The average molecular weight is 448 g/mol. The summed E-state index contributed by atoms with van der Waals surface area (Å²) in [7, 11) is -2.31. The van der Waals surface area contributed by atoms with Crippen LogP contribution in [-0.4, -0.2) is 51.7 Å². The molecule has 9 heteroatoms. The zero-order valence-corrected chi connectivity index (χ0v) is 18.1. The number of nitrogens with one attached hydrogen (secondary N) is 2. The van der Waals surface area contributed by atoms with Crippen molar-refractivity contribution in [1.29, 1.82) is 5.41 Å². The van der Waals surface area contributed by atoms with Crippen molar-refractivity contribution in [2.24, 2.45) is 5.92 Å². The van der Waals surface area contributed by atoms with Crippen LogP contribution in [0.2, 0.25) is 0 Å². The predicted octanol–water partition coefficient (Wildman–Crippen LogP) is 3.07. The zero-order chi connectivity index (χ0) is 22.4. The molecule has 1 saturated heterocycles. The van der Waals surface area contributed by atoms with Gasteiger partial charge in [0.15, 0.2) is 5.78 Å². The fourth-order valence-electron chi connectivity index (χ4n) is 3.57. The highest BCUT2D eigenvalue weighted by molar-refractivity contribution is 7.90. The van der Waals surface area contributed by atoms with E-state index in [0.717, 1.165) is 0 Å². The number of likely N-dealkylation sites (tertiary alicyclic amines) is 1. The summed E-state index contributed by atoms with van der Waals surface area (Å²) in [6, 6.07) is 11.6. The minimum Gasteiger partial charge on any atom is -0.497 e. The van der Waals surface area contributed by atoms with E-state index in [0.29, 0.717) is 43.8 Å². The molecule has 0 aliphatic carbocycles. The van der Waals surface area contributed by atoms with Crippen molar-refractivity contribution >= 4 is 21.6 Å². The van der Waals surface area contributed by atoms with Gasteiger partial charge in [-0.25, -0.2) is 12.8 Å². The van der Waals surface area contributed by atoms with Gasteiger partial charge in [0.05, 0.1) is 12.0 Å². The van der Waals surface area contributed by atoms with Crippen LogP contribution in [0.25, 0.3) is 0 Å². The Morgan fingerprint density at radius 3 is 2.32 bits per heavy atom. The third-order valence-corrected chi connectivity index (χ3v) is 6.80. The highest BCUT2D eigenvalue weighted by Gasteiger charge is 2.26. The summed E-state index contributed by atoms with van der Waals surface area (Å²) < 4.78 is 45.2. The van der Waals surface area contributed by atoms with Crippen molar-refractivity contribution < 1.29 is 22.3 Å². The van der Waals surface area contributed by atoms with Gasteiger partial charge in [-0.3, -0.25) is 14.9 Å². The number of hydrogen-bond acceptors (Lipinski definition) is 6. The first-order valence-corrected chi connectivity index (χ1v) is 11.5. The second kappa shape index (κ2) is 10.0. The minimum atomic E-state index is -3.81. The van der Waals surface area contributed by atoms with Crippen LogP contribution in [0.3, 0.4) is 0 Å². The molecule has 7 nitrogen and oxygen atoms in total. The molecule has 0 saturated carbocycles. The first kappa shape index (κ1) is 22.9. The summed E-state index contributed by atoms with van der Waals surface area (Å²) in [4.78, 5) is 14.7. The first-order chi connectivity index (χ1) is 14.8. The number of hydrogen-bond donors (Lipinski definition) is 2. The lowest BCUT2D eigenvalue weighted by molar-refractivity contribution is 0.0842. The highest BCUT2D eigenvalue weighted by atomic mass is 32.2. The molecule has 0 radical (unpaired) electrons. The number of methoxy groups -OCH3 is 1. The Bertz CT molecular complexity index is 1020. The Labute approximate surface area is 181 Å². The lowest BCUT2D eigenvalue weighted by Gasteiger charge is -2.31. The second-order valence-electron chi connectivity index (χ2n) is 7.50. The normalized spacial score (nSPS) is 15.4. The number of carbonyl (C=O) groups is 1. The van der Waals surface area contributed by atoms with Crippen LogP contribution in [0.4, 0.5) is 4.39 Å². The largest absolute Gasteiger partial charge is 0.497 e. The summed E-state index contributed by atoms with van der Waals surface area (Å²) in [5.74, 6) is 0.0292. The minimum absolute atomic E-state index is 0.0274. The Balaban J connectivity index is 1.45. The number of halogens is 1. The van der Waals surface area contributed by atoms with Gasteiger partial charge in [0.25, 0.3) is 10.0 Å². The molecule has 1 aliphatic rings. The van der Waals surface area contributed by atoms with E-state index in [1.165, 1.54) is 43.5 Å². The van der Waals surface area contributed by atoms with Gasteiger partial charge in [-0.1, -0.05) is 0 Å². The van der Waals surface area contributed by atoms with E-state index in [1.54, 1.807) is 12.1 Å².